The van der Waals surface area contributed by atoms with Crippen molar-refractivity contribution < 1.29 is 4.74 Å². The number of hydrogen-bond donors (Lipinski definition) is 1. The molecule has 18 heavy (non-hydrogen) atoms. The van der Waals surface area contributed by atoms with Crippen LogP contribution < -0.4 is 5.73 Å². The summed E-state index contributed by atoms with van der Waals surface area (Å²) in [6.07, 6.45) is 4.04. The molecule has 4 heteroatoms. The van der Waals surface area contributed by atoms with Crippen LogP contribution in [0.4, 0.5) is 5.69 Å². The Morgan fingerprint density at radius 2 is 2.28 bits per heavy atom. The predicted molar refractivity (Wildman–Crippen MR) is 75.8 cm³/mol. The lowest BCUT2D eigenvalue weighted by atomic mass is 10.1. The molecule has 3 nitrogen and oxygen atoms in total. The van der Waals surface area contributed by atoms with E-state index in [1.54, 1.807) is 0 Å². The van der Waals surface area contributed by atoms with Crippen molar-refractivity contribution in [3.8, 4) is 0 Å². The Morgan fingerprint density at radius 3 is 2.94 bits per heavy atom. The third-order valence-corrected chi connectivity index (χ3v) is 3.63. The third kappa shape index (κ3) is 3.87. The van der Waals surface area contributed by atoms with Gasteiger partial charge in [0.1, 0.15) is 0 Å². The van der Waals surface area contributed by atoms with Crippen LogP contribution in [0.15, 0.2) is 18.2 Å². The van der Waals surface area contributed by atoms with Crippen LogP contribution in [0.5, 0.6) is 0 Å². The molecule has 1 unspecified atom stereocenters. The van der Waals surface area contributed by atoms with Crippen molar-refractivity contribution >= 4 is 17.3 Å². The van der Waals surface area contributed by atoms with E-state index in [2.05, 4.69) is 11.9 Å². The van der Waals surface area contributed by atoms with E-state index in [-0.39, 0.29) is 0 Å². The topological polar surface area (TPSA) is 38.5 Å². The molecule has 0 bridgehead atoms. The predicted octanol–water partition coefficient (Wildman–Crippen LogP) is 2.92. The molecule has 1 aliphatic rings. The monoisotopic (exact) mass is 268 g/mol. The summed E-state index contributed by atoms with van der Waals surface area (Å²) in [7, 11) is 2.11. The molecule has 0 amide bonds. The molecular weight excluding hydrogens is 248 g/mol. The molecule has 1 atom stereocenters. The summed E-state index contributed by atoms with van der Waals surface area (Å²) >= 11 is 6.02. The minimum absolute atomic E-state index is 0.382. The Bertz CT molecular complexity index is 391. The maximum Gasteiger partial charge on any atom is 0.0702 e. The van der Waals surface area contributed by atoms with E-state index < -0.39 is 0 Å². The fraction of sp³-hybridized carbons (Fsp3) is 0.571. The fourth-order valence-electron chi connectivity index (χ4n) is 2.34. The highest BCUT2D eigenvalue weighted by Crippen LogP contribution is 2.21. The van der Waals surface area contributed by atoms with E-state index in [1.807, 2.05) is 18.2 Å². The first-order valence-electron chi connectivity index (χ1n) is 6.49. The van der Waals surface area contributed by atoms with Crippen molar-refractivity contribution in [2.45, 2.75) is 31.9 Å². The Balaban J connectivity index is 1.85. The first kappa shape index (κ1) is 13.7. The van der Waals surface area contributed by atoms with Crippen LogP contribution in [0.1, 0.15) is 24.8 Å². The number of hydrogen-bond acceptors (Lipinski definition) is 3. The first-order valence-corrected chi connectivity index (χ1v) is 6.87. The summed E-state index contributed by atoms with van der Waals surface area (Å²) in [5, 5.41) is 0.634. The van der Waals surface area contributed by atoms with E-state index in [0.717, 1.165) is 19.7 Å². The molecule has 0 spiro atoms. The highest BCUT2D eigenvalue weighted by molar-refractivity contribution is 6.33. The minimum Gasteiger partial charge on any atom is -0.398 e. The summed E-state index contributed by atoms with van der Waals surface area (Å²) in [4.78, 5) is 2.28. The fourth-order valence-corrected chi connectivity index (χ4v) is 2.55. The standard InChI is InChI=1S/C14H21ClN2O/c1-17(10-12-4-2-3-7-18-12)9-11-5-6-14(16)13(15)8-11/h5-6,8,12H,2-4,7,9-10,16H2,1H3. The van der Waals surface area contributed by atoms with Gasteiger partial charge in [0.15, 0.2) is 0 Å². The summed E-state index contributed by atoms with van der Waals surface area (Å²) < 4.78 is 5.74. The molecule has 100 valence electrons. The van der Waals surface area contributed by atoms with Gasteiger partial charge in [0.2, 0.25) is 0 Å². The molecule has 2 N–H and O–H groups in total. The van der Waals surface area contributed by atoms with Gasteiger partial charge in [-0.05, 0) is 44.0 Å². The van der Waals surface area contributed by atoms with Crippen LogP contribution in [0.2, 0.25) is 5.02 Å². The van der Waals surface area contributed by atoms with Gasteiger partial charge in [-0.15, -0.1) is 0 Å². The lowest BCUT2D eigenvalue weighted by Gasteiger charge is -2.27. The van der Waals surface area contributed by atoms with Crippen molar-refractivity contribution in [2.24, 2.45) is 0 Å². The molecule has 2 rings (SSSR count). The molecule has 1 aromatic rings. The van der Waals surface area contributed by atoms with Crippen molar-refractivity contribution in [3.63, 3.8) is 0 Å². The van der Waals surface area contributed by atoms with Gasteiger partial charge < -0.3 is 10.5 Å². The van der Waals surface area contributed by atoms with E-state index in [0.29, 0.717) is 16.8 Å². The number of nitrogen functional groups attached to an aromatic ring is 1. The van der Waals surface area contributed by atoms with Gasteiger partial charge in [-0.2, -0.15) is 0 Å². The highest BCUT2D eigenvalue weighted by Gasteiger charge is 2.15. The maximum absolute atomic E-state index is 6.02. The van der Waals surface area contributed by atoms with Gasteiger partial charge in [0.25, 0.3) is 0 Å². The Kier molecular flexibility index (Phi) is 4.87. The van der Waals surface area contributed by atoms with Gasteiger partial charge >= 0.3 is 0 Å². The summed E-state index contributed by atoms with van der Waals surface area (Å²) in [6.45, 7) is 2.76. The Labute approximate surface area is 114 Å². The lowest BCUT2D eigenvalue weighted by Crippen LogP contribution is -2.33. The summed E-state index contributed by atoms with van der Waals surface area (Å²) in [6, 6.07) is 5.83. The normalized spacial score (nSPS) is 20.3. The van der Waals surface area contributed by atoms with Crippen LogP contribution in [-0.2, 0) is 11.3 Å². The molecule has 1 heterocycles. The number of likely N-dealkylation sites (N-methyl/N-ethyl adjacent to an activating group) is 1. The first-order chi connectivity index (χ1) is 8.65. The van der Waals surface area contributed by atoms with Crippen LogP contribution in [-0.4, -0.2) is 31.2 Å². The zero-order valence-electron chi connectivity index (χ0n) is 10.9. The molecule has 0 aromatic heterocycles. The number of anilines is 1. The van der Waals surface area contributed by atoms with E-state index >= 15 is 0 Å². The molecule has 1 aromatic carbocycles. The lowest BCUT2D eigenvalue weighted by molar-refractivity contribution is -0.00258. The number of rotatable bonds is 4. The maximum atomic E-state index is 6.02. The second-order valence-electron chi connectivity index (χ2n) is 5.04. The molecular formula is C14H21ClN2O. The SMILES string of the molecule is CN(Cc1ccc(N)c(Cl)c1)CC1CCCCO1. The molecule has 1 aliphatic heterocycles. The van der Waals surface area contributed by atoms with Gasteiger partial charge in [-0.3, -0.25) is 4.90 Å². The van der Waals surface area contributed by atoms with Crippen molar-refractivity contribution in [1.82, 2.24) is 4.90 Å². The zero-order valence-corrected chi connectivity index (χ0v) is 11.6. The molecule has 0 saturated carbocycles. The summed E-state index contributed by atoms with van der Waals surface area (Å²) in [5.41, 5.74) is 7.53. The van der Waals surface area contributed by atoms with Crippen molar-refractivity contribution in [3.05, 3.63) is 28.8 Å². The third-order valence-electron chi connectivity index (χ3n) is 3.31. The molecule has 1 fully saturated rings. The average Bonchev–Trinajstić information content (AvgIpc) is 2.35. The van der Waals surface area contributed by atoms with Crippen molar-refractivity contribution in [1.29, 1.82) is 0 Å². The second-order valence-corrected chi connectivity index (χ2v) is 5.45. The van der Waals surface area contributed by atoms with Crippen LogP contribution in [0, 0.1) is 0 Å². The van der Waals surface area contributed by atoms with Gasteiger partial charge in [0.05, 0.1) is 16.8 Å². The van der Waals surface area contributed by atoms with Gasteiger partial charge in [0, 0.05) is 19.7 Å². The highest BCUT2D eigenvalue weighted by atomic mass is 35.5. The number of benzene rings is 1. The Hall–Kier alpha value is -0.770. The molecule has 1 saturated heterocycles. The smallest absolute Gasteiger partial charge is 0.0702 e. The number of nitrogens with zero attached hydrogens (tertiary/aromatic N) is 1. The number of nitrogens with two attached hydrogens (primary N) is 1. The van der Waals surface area contributed by atoms with E-state index in [9.17, 15) is 0 Å². The van der Waals surface area contributed by atoms with Crippen LogP contribution in [0.3, 0.4) is 0 Å². The van der Waals surface area contributed by atoms with Gasteiger partial charge in [-0.25, -0.2) is 0 Å². The Morgan fingerprint density at radius 1 is 1.44 bits per heavy atom. The second kappa shape index (κ2) is 6.41. The average molecular weight is 269 g/mol. The number of halogens is 1. The van der Waals surface area contributed by atoms with Crippen molar-refractivity contribution in [2.75, 3.05) is 25.9 Å². The minimum atomic E-state index is 0.382. The largest absolute Gasteiger partial charge is 0.398 e. The van der Waals surface area contributed by atoms with Gasteiger partial charge in [-0.1, -0.05) is 17.7 Å². The van der Waals surface area contributed by atoms with E-state index in [4.69, 9.17) is 22.1 Å². The quantitative estimate of drug-likeness (QED) is 0.854. The van der Waals surface area contributed by atoms with Crippen LogP contribution in [0.25, 0.3) is 0 Å². The molecule has 0 radical (unpaired) electrons. The van der Waals surface area contributed by atoms with E-state index in [1.165, 1.54) is 24.8 Å². The number of ether oxygens (including phenoxy) is 1. The summed E-state index contributed by atoms with van der Waals surface area (Å²) in [5.74, 6) is 0. The van der Waals surface area contributed by atoms with Crippen LogP contribution >= 0.6 is 11.6 Å². The zero-order chi connectivity index (χ0) is 13.0. The molecule has 0 aliphatic carbocycles.